The Morgan fingerprint density at radius 2 is 2.00 bits per heavy atom. The van der Waals surface area contributed by atoms with E-state index in [4.69, 9.17) is 5.11 Å². The maximum absolute atomic E-state index is 13.0. The Balaban J connectivity index is 2.66. The minimum Gasteiger partial charge on any atom is -0.474 e. The van der Waals surface area contributed by atoms with Crippen molar-refractivity contribution in [2.45, 2.75) is 6.54 Å². The van der Waals surface area contributed by atoms with E-state index in [2.05, 4.69) is 0 Å². The summed E-state index contributed by atoms with van der Waals surface area (Å²) in [5.41, 5.74) is 0.0194. The van der Waals surface area contributed by atoms with Gasteiger partial charge in [-0.05, 0) is 6.07 Å². The lowest BCUT2D eigenvalue weighted by Crippen LogP contribution is -2.30. The molecule has 0 fully saturated rings. The van der Waals surface area contributed by atoms with Gasteiger partial charge in [0, 0.05) is 18.2 Å². The Labute approximate surface area is 83.5 Å². The van der Waals surface area contributed by atoms with E-state index in [1.165, 1.54) is 0 Å². The summed E-state index contributed by atoms with van der Waals surface area (Å²) in [7, 11) is 0. The van der Waals surface area contributed by atoms with E-state index < -0.39 is 23.5 Å². The van der Waals surface area contributed by atoms with Crippen LogP contribution < -0.4 is 5.32 Å². The van der Waals surface area contributed by atoms with Gasteiger partial charge in [0.1, 0.15) is 11.6 Å². The summed E-state index contributed by atoms with van der Waals surface area (Å²) < 4.78 is 25.4. The van der Waals surface area contributed by atoms with E-state index in [1.807, 2.05) is 5.32 Å². The number of carbonyl (C=O) groups excluding carboxylic acids is 1. The van der Waals surface area contributed by atoms with Crippen LogP contribution in [0.5, 0.6) is 0 Å². The van der Waals surface area contributed by atoms with Crippen LogP contribution in [0.3, 0.4) is 0 Å². The van der Waals surface area contributed by atoms with Gasteiger partial charge in [0.05, 0.1) is 0 Å². The number of hydrogen-bond donors (Lipinski definition) is 2. The van der Waals surface area contributed by atoms with Crippen molar-refractivity contribution in [2.24, 2.45) is 0 Å². The molecule has 4 nitrogen and oxygen atoms in total. The lowest BCUT2D eigenvalue weighted by Gasteiger charge is -2.03. The number of rotatable bonds is 2. The van der Waals surface area contributed by atoms with Gasteiger partial charge in [0.15, 0.2) is 0 Å². The molecular formula is C9H7F2NO3. The van der Waals surface area contributed by atoms with Crippen LogP contribution in [0.25, 0.3) is 0 Å². The van der Waals surface area contributed by atoms with E-state index in [-0.39, 0.29) is 12.1 Å². The second-order valence-corrected chi connectivity index (χ2v) is 2.72. The summed E-state index contributed by atoms with van der Waals surface area (Å²) in [5, 5.41) is 10.2. The molecule has 80 valence electrons. The smallest absolute Gasteiger partial charge is 0.394 e. The van der Waals surface area contributed by atoms with E-state index in [1.54, 1.807) is 0 Å². The molecule has 1 rings (SSSR count). The Hall–Kier alpha value is -1.98. The molecule has 0 aliphatic carbocycles. The third kappa shape index (κ3) is 3.01. The van der Waals surface area contributed by atoms with Crippen LogP contribution in [-0.2, 0) is 16.1 Å². The minimum absolute atomic E-state index is 0.0194. The third-order valence-electron chi connectivity index (χ3n) is 1.65. The Bertz CT molecular complexity index is 406. The highest BCUT2D eigenvalue weighted by atomic mass is 19.1. The number of aliphatic carboxylic acids is 1. The first-order chi connectivity index (χ1) is 7.00. The zero-order valence-electron chi connectivity index (χ0n) is 7.46. The first-order valence-corrected chi connectivity index (χ1v) is 3.95. The molecule has 0 heterocycles. The number of nitrogens with one attached hydrogen (secondary N) is 1. The first-order valence-electron chi connectivity index (χ1n) is 3.95. The largest absolute Gasteiger partial charge is 0.474 e. The van der Waals surface area contributed by atoms with Gasteiger partial charge in [0.25, 0.3) is 0 Å². The lowest BCUT2D eigenvalue weighted by molar-refractivity contribution is -0.150. The maximum Gasteiger partial charge on any atom is 0.394 e. The van der Waals surface area contributed by atoms with Crippen molar-refractivity contribution in [1.82, 2.24) is 5.32 Å². The maximum atomic E-state index is 13.0. The van der Waals surface area contributed by atoms with Crippen LogP contribution in [0.15, 0.2) is 18.2 Å². The van der Waals surface area contributed by atoms with Crippen LogP contribution >= 0.6 is 0 Å². The molecule has 0 aliphatic rings. The molecule has 0 spiro atoms. The lowest BCUT2D eigenvalue weighted by atomic mass is 10.2. The monoisotopic (exact) mass is 215 g/mol. The molecule has 0 saturated heterocycles. The van der Waals surface area contributed by atoms with Crippen LogP contribution in [0, 0.1) is 11.6 Å². The van der Waals surface area contributed by atoms with Gasteiger partial charge in [-0.15, -0.1) is 0 Å². The van der Waals surface area contributed by atoms with Gasteiger partial charge in [-0.3, -0.25) is 4.79 Å². The van der Waals surface area contributed by atoms with Crippen molar-refractivity contribution in [3.63, 3.8) is 0 Å². The standard InChI is InChI=1S/C9H7F2NO3/c10-6-2-1-5(7(11)3-6)4-12-8(13)9(14)15/h1-3H,4H2,(H,12,13)(H,14,15). The normalized spacial score (nSPS) is 9.73. The van der Waals surface area contributed by atoms with Gasteiger partial charge in [-0.25, -0.2) is 13.6 Å². The molecular weight excluding hydrogens is 208 g/mol. The van der Waals surface area contributed by atoms with E-state index >= 15 is 0 Å². The van der Waals surface area contributed by atoms with Crippen molar-refractivity contribution in [3.05, 3.63) is 35.4 Å². The average molecular weight is 215 g/mol. The van der Waals surface area contributed by atoms with E-state index in [0.717, 1.165) is 12.1 Å². The summed E-state index contributed by atoms with van der Waals surface area (Å²) in [4.78, 5) is 20.7. The number of benzene rings is 1. The fourth-order valence-electron chi connectivity index (χ4n) is 0.916. The minimum atomic E-state index is -1.66. The molecule has 15 heavy (non-hydrogen) atoms. The SMILES string of the molecule is O=C(O)C(=O)NCc1ccc(F)cc1F. The number of amides is 1. The molecule has 0 bridgehead atoms. The van der Waals surface area contributed by atoms with E-state index in [9.17, 15) is 18.4 Å². The quantitative estimate of drug-likeness (QED) is 0.712. The van der Waals surface area contributed by atoms with Gasteiger partial charge < -0.3 is 10.4 Å². The summed E-state index contributed by atoms with van der Waals surface area (Å²) >= 11 is 0. The highest BCUT2D eigenvalue weighted by Crippen LogP contribution is 2.08. The third-order valence-corrected chi connectivity index (χ3v) is 1.65. The van der Waals surface area contributed by atoms with Crippen molar-refractivity contribution in [2.75, 3.05) is 0 Å². The molecule has 0 atom stereocenters. The second kappa shape index (κ2) is 4.50. The number of carboxylic acid groups (broad SMARTS) is 1. The fourth-order valence-corrected chi connectivity index (χ4v) is 0.916. The Morgan fingerprint density at radius 3 is 2.53 bits per heavy atom. The predicted molar refractivity (Wildman–Crippen MR) is 45.8 cm³/mol. The molecule has 2 N–H and O–H groups in total. The fraction of sp³-hybridized carbons (Fsp3) is 0.111. The van der Waals surface area contributed by atoms with Crippen molar-refractivity contribution < 1.29 is 23.5 Å². The number of halogens is 2. The Morgan fingerprint density at radius 1 is 1.33 bits per heavy atom. The number of carboxylic acids is 1. The molecule has 1 amide bonds. The average Bonchev–Trinajstić information content (AvgIpc) is 2.15. The summed E-state index contributed by atoms with van der Waals surface area (Å²) in [5.74, 6) is -4.46. The molecule has 6 heteroatoms. The molecule has 0 aliphatic heterocycles. The predicted octanol–water partition coefficient (Wildman–Crippen LogP) is 0.666. The van der Waals surface area contributed by atoms with Crippen LogP contribution in [-0.4, -0.2) is 17.0 Å². The van der Waals surface area contributed by atoms with Crippen LogP contribution in [0.2, 0.25) is 0 Å². The van der Waals surface area contributed by atoms with Gasteiger partial charge >= 0.3 is 11.9 Å². The van der Waals surface area contributed by atoms with Gasteiger partial charge in [-0.2, -0.15) is 0 Å². The second-order valence-electron chi connectivity index (χ2n) is 2.72. The van der Waals surface area contributed by atoms with E-state index in [0.29, 0.717) is 6.07 Å². The van der Waals surface area contributed by atoms with Gasteiger partial charge in [-0.1, -0.05) is 6.07 Å². The highest BCUT2D eigenvalue weighted by Gasteiger charge is 2.11. The number of hydrogen-bond acceptors (Lipinski definition) is 2. The van der Waals surface area contributed by atoms with Crippen molar-refractivity contribution >= 4 is 11.9 Å². The molecule has 1 aromatic carbocycles. The molecule has 0 saturated carbocycles. The summed E-state index contributed by atoms with van der Waals surface area (Å²) in [6, 6.07) is 2.81. The van der Waals surface area contributed by atoms with Crippen LogP contribution in [0.4, 0.5) is 8.78 Å². The van der Waals surface area contributed by atoms with Crippen LogP contribution in [0.1, 0.15) is 5.56 Å². The molecule has 0 aromatic heterocycles. The first kappa shape index (κ1) is 11.1. The Kier molecular flexibility index (Phi) is 3.33. The summed E-state index contributed by atoms with van der Waals surface area (Å²) in [6.45, 7) is -0.294. The summed E-state index contributed by atoms with van der Waals surface area (Å²) in [6.07, 6.45) is 0. The van der Waals surface area contributed by atoms with Crippen molar-refractivity contribution in [3.8, 4) is 0 Å². The van der Waals surface area contributed by atoms with Crippen molar-refractivity contribution in [1.29, 1.82) is 0 Å². The molecule has 0 radical (unpaired) electrons. The zero-order valence-corrected chi connectivity index (χ0v) is 7.46. The highest BCUT2D eigenvalue weighted by molar-refractivity contribution is 6.31. The van der Waals surface area contributed by atoms with Gasteiger partial charge in [0.2, 0.25) is 0 Å². The number of carbonyl (C=O) groups is 2. The zero-order chi connectivity index (χ0) is 11.4. The molecule has 1 aromatic rings. The topological polar surface area (TPSA) is 66.4 Å². The molecule has 0 unspecified atom stereocenters.